The van der Waals surface area contributed by atoms with Gasteiger partial charge in [0.1, 0.15) is 17.7 Å². The number of carboxylic acid groups (broad SMARTS) is 1. The van der Waals surface area contributed by atoms with Gasteiger partial charge in [0.2, 0.25) is 0 Å². The van der Waals surface area contributed by atoms with Gasteiger partial charge in [-0.05, 0) is 48.4 Å². The fourth-order valence-electron chi connectivity index (χ4n) is 2.92. The Bertz CT molecular complexity index is 837. The van der Waals surface area contributed by atoms with Crippen molar-refractivity contribution in [2.45, 2.75) is 13.0 Å². The third kappa shape index (κ3) is 4.62. The molecule has 2 aromatic rings. The summed E-state index contributed by atoms with van der Waals surface area (Å²) in [5.74, 6) is -1.10. The second-order valence-electron chi connectivity index (χ2n) is 6.33. The molecule has 1 heterocycles. The van der Waals surface area contributed by atoms with Gasteiger partial charge in [-0.15, -0.1) is 0 Å². The highest BCUT2D eigenvalue weighted by Crippen LogP contribution is 2.25. The lowest BCUT2D eigenvalue weighted by Crippen LogP contribution is -2.42. The number of ether oxygens (including phenoxy) is 2. The van der Waals surface area contributed by atoms with E-state index in [0.29, 0.717) is 36.6 Å². The first-order valence-electron chi connectivity index (χ1n) is 8.55. The van der Waals surface area contributed by atoms with Crippen molar-refractivity contribution in [2.75, 3.05) is 26.3 Å². The Morgan fingerprint density at radius 3 is 2.67 bits per heavy atom. The molecule has 142 valence electrons. The molecule has 7 heteroatoms. The maximum Gasteiger partial charge on any atom is 0.341 e. The fraction of sp³-hybridized carbons (Fsp3) is 0.300. The molecule has 1 N–H and O–H groups in total. The molecule has 1 unspecified atom stereocenters. The molecule has 0 aromatic heterocycles. The highest BCUT2D eigenvalue weighted by atomic mass is 19.1. The Hall–Kier alpha value is -2.93. The summed E-state index contributed by atoms with van der Waals surface area (Å²) in [7, 11) is 0. The molecule has 6 nitrogen and oxygen atoms in total. The van der Waals surface area contributed by atoms with Gasteiger partial charge in [0.25, 0.3) is 5.91 Å². The first kappa shape index (κ1) is 18.8. The van der Waals surface area contributed by atoms with Crippen molar-refractivity contribution in [1.29, 1.82) is 0 Å². The summed E-state index contributed by atoms with van der Waals surface area (Å²) >= 11 is 0. The van der Waals surface area contributed by atoms with Gasteiger partial charge in [-0.2, -0.15) is 0 Å². The van der Waals surface area contributed by atoms with Gasteiger partial charge >= 0.3 is 5.97 Å². The Labute approximate surface area is 156 Å². The van der Waals surface area contributed by atoms with E-state index in [2.05, 4.69) is 0 Å². The molecule has 0 spiro atoms. The zero-order chi connectivity index (χ0) is 19.4. The number of hydrogen-bond donors (Lipinski definition) is 1. The second kappa shape index (κ2) is 8.18. The topological polar surface area (TPSA) is 76.1 Å². The molecule has 1 amide bonds. The molecule has 1 saturated heterocycles. The van der Waals surface area contributed by atoms with Crippen LogP contribution in [0.25, 0.3) is 0 Å². The number of benzene rings is 2. The van der Waals surface area contributed by atoms with Crippen LogP contribution in [0.15, 0.2) is 42.5 Å². The SMILES string of the molecule is Cc1cc(C2CN(C(=O)c3ccc(OCC(=O)O)cc3)CCO2)ccc1F. The molecule has 3 rings (SSSR count). The molecule has 1 aliphatic rings. The van der Waals surface area contributed by atoms with Gasteiger partial charge in [0, 0.05) is 12.1 Å². The van der Waals surface area contributed by atoms with E-state index < -0.39 is 12.6 Å². The van der Waals surface area contributed by atoms with E-state index in [0.717, 1.165) is 5.56 Å². The number of nitrogens with zero attached hydrogens (tertiary/aromatic N) is 1. The number of aliphatic carboxylic acids is 1. The molecular formula is C20H20FNO5. The van der Waals surface area contributed by atoms with Gasteiger partial charge in [-0.1, -0.05) is 12.1 Å². The van der Waals surface area contributed by atoms with Crippen molar-refractivity contribution >= 4 is 11.9 Å². The Morgan fingerprint density at radius 1 is 1.26 bits per heavy atom. The van der Waals surface area contributed by atoms with Gasteiger partial charge in [0.15, 0.2) is 6.61 Å². The molecule has 2 aromatic carbocycles. The average molecular weight is 373 g/mol. The minimum Gasteiger partial charge on any atom is -0.482 e. The lowest BCUT2D eigenvalue weighted by molar-refractivity contribution is -0.139. The third-order valence-electron chi connectivity index (χ3n) is 4.37. The molecule has 0 saturated carbocycles. The smallest absolute Gasteiger partial charge is 0.341 e. The van der Waals surface area contributed by atoms with E-state index in [4.69, 9.17) is 14.6 Å². The minimum atomic E-state index is -1.06. The van der Waals surface area contributed by atoms with Gasteiger partial charge < -0.3 is 19.5 Å². The van der Waals surface area contributed by atoms with Crippen molar-refractivity contribution < 1.29 is 28.6 Å². The average Bonchev–Trinajstić information content (AvgIpc) is 2.68. The zero-order valence-electron chi connectivity index (χ0n) is 14.9. The second-order valence-corrected chi connectivity index (χ2v) is 6.33. The van der Waals surface area contributed by atoms with Crippen molar-refractivity contribution in [3.05, 3.63) is 65.0 Å². The Kier molecular flexibility index (Phi) is 5.71. The summed E-state index contributed by atoms with van der Waals surface area (Å²) in [6, 6.07) is 11.2. The highest BCUT2D eigenvalue weighted by Gasteiger charge is 2.26. The lowest BCUT2D eigenvalue weighted by Gasteiger charge is -2.33. The van der Waals surface area contributed by atoms with Gasteiger partial charge in [0.05, 0.1) is 13.2 Å². The number of hydrogen-bond acceptors (Lipinski definition) is 4. The van der Waals surface area contributed by atoms with Crippen LogP contribution in [0.2, 0.25) is 0 Å². The number of rotatable bonds is 5. The van der Waals surface area contributed by atoms with Crippen LogP contribution in [0, 0.1) is 12.7 Å². The normalized spacial score (nSPS) is 16.8. The fourth-order valence-corrected chi connectivity index (χ4v) is 2.92. The van der Waals surface area contributed by atoms with Crippen LogP contribution in [0.3, 0.4) is 0 Å². The Morgan fingerprint density at radius 2 is 2.00 bits per heavy atom. The predicted molar refractivity (Wildman–Crippen MR) is 95.3 cm³/mol. The highest BCUT2D eigenvalue weighted by molar-refractivity contribution is 5.94. The number of aryl methyl sites for hydroxylation is 1. The molecule has 0 bridgehead atoms. The molecule has 1 atom stereocenters. The zero-order valence-corrected chi connectivity index (χ0v) is 14.9. The number of amides is 1. The molecule has 1 fully saturated rings. The molecule has 1 aliphatic heterocycles. The van der Waals surface area contributed by atoms with Crippen LogP contribution in [-0.2, 0) is 9.53 Å². The van der Waals surface area contributed by atoms with E-state index in [9.17, 15) is 14.0 Å². The van der Waals surface area contributed by atoms with Crippen LogP contribution >= 0.6 is 0 Å². The summed E-state index contributed by atoms with van der Waals surface area (Å²) in [6.07, 6.45) is -0.305. The largest absolute Gasteiger partial charge is 0.482 e. The Balaban J connectivity index is 1.67. The van der Waals surface area contributed by atoms with Crippen molar-refractivity contribution in [1.82, 2.24) is 4.90 Å². The van der Waals surface area contributed by atoms with Crippen LogP contribution in [0.5, 0.6) is 5.75 Å². The first-order chi connectivity index (χ1) is 12.9. The number of morpholine rings is 1. The molecular weight excluding hydrogens is 353 g/mol. The van der Waals surface area contributed by atoms with Crippen molar-refractivity contribution in [3.63, 3.8) is 0 Å². The first-order valence-corrected chi connectivity index (χ1v) is 8.55. The van der Waals surface area contributed by atoms with Crippen LogP contribution in [0.4, 0.5) is 4.39 Å². The number of halogens is 1. The maximum atomic E-state index is 13.5. The van der Waals surface area contributed by atoms with Crippen molar-refractivity contribution in [2.24, 2.45) is 0 Å². The standard InChI is InChI=1S/C20H20FNO5/c1-13-10-15(4-7-17(13)21)18-11-22(8-9-26-18)20(25)14-2-5-16(6-3-14)27-12-19(23)24/h2-7,10,18H,8-9,11-12H2,1H3,(H,23,24). The number of carbonyl (C=O) groups is 2. The van der Waals surface area contributed by atoms with Crippen LogP contribution in [-0.4, -0.2) is 48.2 Å². The summed E-state index contributed by atoms with van der Waals surface area (Å²) in [6.45, 7) is 2.49. The molecule has 0 aliphatic carbocycles. The van der Waals surface area contributed by atoms with E-state index >= 15 is 0 Å². The van der Waals surface area contributed by atoms with E-state index in [1.807, 2.05) is 0 Å². The predicted octanol–water partition coefficient (Wildman–Crippen LogP) is 2.81. The summed E-state index contributed by atoms with van der Waals surface area (Å²) in [5.41, 5.74) is 1.86. The summed E-state index contributed by atoms with van der Waals surface area (Å²) < 4.78 is 24.3. The van der Waals surface area contributed by atoms with Crippen LogP contribution in [0.1, 0.15) is 27.6 Å². The van der Waals surface area contributed by atoms with Gasteiger partial charge in [-0.25, -0.2) is 9.18 Å². The number of carboxylic acids is 1. The lowest BCUT2D eigenvalue weighted by atomic mass is 10.0. The monoisotopic (exact) mass is 373 g/mol. The quantitative estimate of drug-likeness (QED) is 0.872. The molecule has 27 heavy (non-hydrogen) atoms. The van der Waals surface area contributed by atoms with E-state index in [1.165, 1.54) is 6.07 Å². The maximum absolute atomic E-state index is 13.5. The van der Waals surface area contributed by atoms with Crippen LogP contribution < -0.4 is 4.74 Å². The van der Waals surface area contributed by atoms with E-state index in [-0.39, 0.29) is 17.8 Å². The van der Waals surface area contributed by atoms with E-state index in [1.54, 1.807) is 48.2 Å². The summed E-state index contributed by atoms with van der Waals surface area (Å²) in [5, 5.41) is 8.62. The summed E-state index contributed by atoms with van der Waals surface area (Å²) in [4.78, 5) is 25.0. The van der Waals surface area contributed by atoms with Gasteiger partial charge in [-0.3, -0.25) is 4.79 Å². The third-order valence-corrected chi connectivity index (χ3v) is 4.37. The number of carbonyl (C=O) groups excluding carboxylic acids is 1. The minimum absolute atomic E-state index is 0.146. The molecule has 0 radical (unpaired) electrons. The van der Waals surface area contributed by atoms with Crippen molar-refractivity contribution in [3.8, 4) is 5.75 Å².